The van der Waals surface area contributed by atoms with Gasteiger partial charge in [-0.15, -0.1) is 0 Å². The lowest BCUT2D eigenvalue weighted by Crippen LogP contribution is -1.79. The molecule has 0 aliphatic carbocycles. The molecule has 0 saturated carbocycles. The summed E-state index contributed by atoms with van der Waals surface area (Å²) < 4.78 is 25.7. The van der Waals surface area contributed by atoms with Gasteiger partial charge in [0.1, 0.15) is 44.7 Å². The van der Waals surface area contributed by atoms with E-state index in [0.29, 0.717) is 0 Å². The predicted molar refractivity (Wildman–Crippen MR) is 490 cm³/mol. The van der Waals surface area contributed by atoms with Gasteiger partial charge in [-0.2, -0.15) is 0 Å². The molecule has 0 bridgehead atoms. The quantitative estimate of drug-likeness (QED) is 0.113. The van der Waals surface area contributed by atoms with E-state index < -0.39 is 0 Å². The van der Waals surface area contributed by atoms with Crippen molar-refractivity contribution in [1.82, 2.24) is 19.9 Å². The van der Waals surface area contributed by atoms with Crippen LogP contribution in [0.4, 0.5) is 0 Å². The Morgan fingerprint density at radius 2 is 0.483 bits per heavy atom. The van der Waals surface area contributed by atoms with Crippen LogP contribution >= 0.6 is 0 Å². The molecule has 0 radical (unpaired) electrons. The molecule has 0 amide bonds. The molecular formula is C108H62N4O4. The van der Waals surface area contributed by atoms with Crippen LogP contribution in [0.15, 0.2) is 370 Å². The van der Waals surface area contributed by atoms with Gasteiger partial charge in [0.05, 0.1) is 5.52 Å². The monoisotopic (exact) mass is 1480 g/mol. The van der Waals surface area contributed by atoms with Crippen molar-refractivity contribution in [3.63, 3.8) is 0 Å². The van der Waals surface area contributed by atoms with Crippen LogP contribution in [0, 0.1) is 0 Å². The van der Waals surface area contributed by atoms with Gasteiger partial charge in [0.25, 0.3) is 0 Å². The first-order valence-corrected chi connectivity index (χ1v) is 39.6. The zero-order chi connectivity index (χ0) is 75.5. The Balaban J connectivity index is 0.0000000848. The highest BCUT2D eigenvalue weighted by Gasteiger charge is 2.22. The third-order valence-corrected chi connectivity index (χ3v) is 24.9. The minimum Gasteiger partial charge on any atom is -0.456 e. The van der Waals surface area contributed by atoms with Crippen LogP contribution in [0.5, 0.6) is 0 Å². The van der Waals surface area contributed by atoms with E-state index in [4.69, 9.17) is 17.7 Å². The third kappa shape index (κ3) is 9.20. The van der Waals surface area contributed by atoms with Crippen molar-refractivity contribution in [2.24, 2.45) is 0 Å². The Labute approximate surface area is 657 Å². The zero-order valence-corrected chi connectivity index (χ0v) is 62.1. The van der Waals surface area contributed by atoms with E-state index in [1.165, 1.54) is 156 Å². The number of furan rings is 4. The number of H-pyrrole nitrogens is 4. The molecular weight excluding hydrogens is 1420 g/mol. The van der Waals surface area contributed by atoms with Crippen molar-refractivity contribution in [1.29, 1.82) is 0 Å². The summed E-state index contributed by atoms with van der Waals surface area (Å²) in [5.74, 6) is 0. The van der Waals surface area contributed by atoms with Crippen LogP contribution in [0.3, 0.4) is 0 Å². The number of para-hydroxylation sites is 1. The van der Waals surface area contributed by atoms with E-state index in [2.05, 4.69) is 372 Å². The van der Waals surface area contributed by atoms with Gasteiger partial charge in [0.15, 0.2) is 0 Å². The molecule has 0 aliphatic rings. The maximum atomic E-state index is 6.60. The first-order chi connectivity index (χ1) is 57.5. The summed E-state index contributed by atoms with van der Waals surface area (Å²) in [6, 6.07) is 125. The maximum absolute atomic E-state index is 6.60. The molecule has 8 heterocycles. The second-order valence-corrected chi connectivity index (χ2v) is 31.1. The molecule has 29 rings (SSSR count). The van der Waals surface area contributed by atoms with Gasteiger partial charge < -0.3 is 37.6 Å². The van der Waals surface area contributed by atoms with Crippen LogP contribution in [0.25, 0.3) is 272 Å². The lowest BCUT2D eigenvalue weighted by atomic mass is 9.97. The minimum absolute atomic E-state index is 0.932. The number of hydrogen-bond acceptors (Lipinski definition) is 4. The van der Waals surface area contributed by atoms with Crippen LogP contribution in [0.1, 0.15) is 0 Å². The van der Waals surface area contributed by atoms with Crippen molar-refractivity contribution in [2.75, 3.05) is 0 Å². The van der Waals surface area contributed by atoms with Crippen molar-refractivity contribution < 1.29 is 17.7 Å². The van der Waals surface area contributed by atoms with Crippen molar-refractivity contribution >= 4 is 272 Å². The maximum Gasteiger partial charge on any atom is 0.143 e. The Morgan fingerprint density at radius 3 is 1.10 bits per heavy atom. The van der Waals surface area contributed by atoms with Crippen molar-refractivity contribution in [3.8, 4) is 0 Å². The Bertz CT molecular complexity index is 9070. The van der Waals surface area contributed by atoms with E-state index in [1.807, 2.05) is 0 Å². The first-order valence-electron chi connectivity index (χ1n) is 39.6. The van der Waals surface area contributed by atoms with Gasteiger partial charge in [-0.3, -0.25) is 0 Å². The SMILES string of the molecule is c1ccc2c(c1)[nH]c1cc3c(cc12)oc1c2ccccc2c2ccccc2c31.c1ccc2c(c1)ccc1[nH]c3cc4c(cc3c12)oc1c4ccc2ccc3ccccc3c21.c1ccc2c(c1)ccc1[nH]c3cc4c(cc3c12)oc1ccc2ccccc2c14.c1ccc2c(c1)ccc1c3cc4oc5c6ccccc6ccc5c4cc3[nH]c21. The largest absolute Gasteiger partial charge is 0.456 e. The Morgan fingerprint density at radius 1 is 0.138 bits per heavy atom. The summed E-state index contributed by atoms with van der Waals surface area (Å²) in [7, 11) is 0. The van der Waals surface area contributed by atoms with Crippen LogP contribution in [-0.2, 0) is 0 Å². The zero-order valence-electron chi connectivity index (χ0n) is 62.1. The molecule has 29 aromatic rings. The van der Waals surface area contributed by atoms with Crippen LogP contribution in [0.2, 0.25) is 0 Å². The van der Waals surface area contributed by atoms with E-state index in [1.54, 1.807) is 0 Å². The molecule has 4 N–H and O–H groups in total. The van der Waals surface area contributed by atoms with Gasteiger partial charge >= 0.3 is 0 Å². The lowest BCUT2D eigenvalue weighted by Gasteiger charge is -2.05. The molecule has 8 aromatic heterocycles. The van der Waals surface area contributed by atoms with Gasteiger partial charge in [0, 0.05) is 146 Å². The fraction of sp³-hybridized carbons (Fsp3) is 0. The highest BCUT2D eigenvalue weighted by Crippen LogP contribution is 2.47. The normalized spacial score (nSPS) is 12.3. The number of aromatic nitrogens is 4. The summed E-state index contributed by atoms with van der Waals surface area (Å²) in [6.45, 7) is 0. The highest BCUT2D eigenvalue weighted by molar-refractivity contribution is 6.33. The molecule has 0 unspecified atom stereocenters. The number of nitrogens with one attached hydrogen (secondary N) is 4. The second-order valence-electron chi connectivity index (χ2n) is 31.1. The summed E-state index contributed by atoms with van der Waals surface area (Å²) in [4.78, 5) is 14.5. The number of benzene rings is 21. The van der Waals surface area contributed by atoms with E-state index in [9.17, 15) is 0 Å². The minimum atomic E-state index is 0.932. The number of fused-ring (bicyclic) bond motifs is 43. The molecule has 0 saturated heterocycles. The summed E-state index contributed by atoms with van der Waals surface area (Å²) in [6.07, 6.45) is 0. The van der Waals surface area contributed by atoms with Crippen molar-refractivity contribution in [3.05, 3.63) is 352 Å². The average Bonchev–Trinajstić information content (AvgIpc) is 1.57. The molecule has 0 atom stereocenters. The number of aromatic amines is 4. The highest BCUT2D eigenvalue weighted by atomic mass is 16.3. The molecule has 8 nitrogen and oxygen atoms in total. The molecule has 538 valence electrons. The van der Waals surface area contributed by atoms with Gasteiger partial charge in [-0.1, -0.05) is 267 Å². The molecule has 116 heavy (non-hydrogen) atoms. The fourth-order valence-corrected chi connectivity index (χ4v) is 19.6. The van der Waals surface area contributed by atoms with E-state index in [0.717, 1.165) is 116 Å². The van der Waals surface area contributed by atoms with Crippen LogP contribution in [-0.4, -0.2) is 19.9 Å². The second kappa shape index (κ2) is 23.9. The van der Waals surface area contributed by atoms with Gasteiger partial charge in [-0.05, 0) is 160 Å². The Kier molecular flexibility index (Phi) is 13.0. The predicted octanol–water partition coefficient (Wildman–Crippen LogP) is 31.3. The molecule has 0 aliphatic heterocycles. The average molecular weight is 1480 g/mol. The number of rotatable bonds is 0. The smallest absolute Gasteiger partial charge is 0.143 e. The fourth-order valence-electron chi connectivity index (χ4n) is 19.6. The topological polar surface area (TPSA) is 116 Å². The summed E-state index contributed by atoms with van der Waals surface area (Å²) in [5, 5.41) is 41.3. The lowest BCUT2D eigenvalue weighted by molar-refractivity contribution is 0.669. The van der Waals surface area contributed by atoms with E-state index >= 15 is 0 Å². The van der Waals surface area contributed by atoms with Crippen molar-refractivity contribution in [2.45, 2.75) is 0 Å². The van der Waals surface area contributed by atoms with Gasteiger partial charge in [0.2, 0.25) is 0 Å². The Hall–Kier alpha value is -15.6. The first kappa shape index (κ1) is 63.0. The molecule has 8 heteroatoms. The summed E-state index contributed by atoms with van der Waals surface area (Å²) in [5.41, 5.74) is 16.9. The summed E-state index contributed by atoms with van der Waals surface area (Å²) >= 11 is 0. The molecule has 21 aromatic carbocycles. The molecule has 0 fully saturated rings. The molecule has 0 spiro atoms. The van der Waals surface area contributed by atoms with E-state index in [-0.39, 0.29) is 0 Å². The third-order valence-electron chi connectivity index (χ3n) is 24.9. The van der Waals surface area contributed by atoms with Gasteiger partial charge in [-0.25, -0.2) is 0 Å². The van der Waals surface area contributed by atoms with Crippen LogP contribution < -0.4 is 0 Å². The standard InChI is InChI=1S/C30H17NO.3C26H15NO/c1-3-7-20-17(5-1)9-10-19-11-13-22-23-15-26-24(16-27(23)32-30(22)28(19)20)29-21-8-4-2-6-18(21)12-14-25(29)31-26;1-3-10-18-15(7-1)16-8-2-4-11-19(16)26-25(18)21-13-23-20(14-24(21)28-26)17-9-5-6-12-22(17)27-23;1-3-7-17-15(5-1)9-11-21-25(17)19-14-24-20(13-22(19)27-21)26-18-8-4-2-6-16(18)10-12-23(26)28-24;1-3-7-17-15(5-1)9-11-19-21-14-24-22(13-23(21)27-25(17)19)20-12-10-16-6-2-4-8-18(16)26(20)28-24/h1-16,31H;3*1-14,27H. The number of hydrogen-bond donors (Lipinski definition) is 4.